The van der Waals surface area contributed by atoms with Gasteiger partial charge in [-0.05, 0) is 31.5 Å². The maximum atomic E-state index is 5.36. The first-order valence-electron chi connectivity index (χ1n) is 4.12. The molecule has 0 aliphatic heterocycles. The largest absolute Gasteiger partial charge is 0.494 e. The summed E-state index contributed by atoms with van der Waals surface area (Å²) in [6.45, 7) is 8.55. The Labute approximate surface area is 73.7 Å². The molecular formula is C11H14O. The topological polar surface area (TPSA) is 9.23 Å². The highest BCUT2D eigenvalue weighted by Crippen LogP contribution is 2.18. The molecule has 1 aromatic rings. The number of allylic oxidation sites excluding steroid dienone is 1. The second-order valence-corrected chi connectivity index (χ2v) is 2.74. The minimum Gasteiger partial charge on any atom is -0.494 e. The third kappa shape index (κ3) is 2.12. The van der Waals surface area contributed by atoms with Crippen LogP contribution in [0.1, 0.15) is 19.4 Å². The Morgan fingerprint density at radius 1 is 1.50 bits per heavy atom. The third-order valence-corrected chi connectivity index (χ3v) is 1.64. The van der Waals surface area contributed by atoms with Crippen LogP contribution in [0.25, 0.3) is 5.57 Å². The van der Waals surface area contributed by atoms with Crippen molar-refractivity contribution in [1.29, 1.82) is 0 Å². The van der Waals surface area contributed by atoms with Gasteiger partial charge in [-0.2, -0.15) is 0 Å². The summed E-state index contributed by atoms with van der Waals surface area (Å²) in [5, 5.41) is 0. The normalized spacial score (nSPS) is 9.50. The molecule has 0 radical (unpaired) electrons. The van der Waals surface area contributed by atoms with Crippen LogP contribution in [0.2, 0.25) is 0 Å². The van der Waals surface area contributed by atoms with Crippen LogP contribution in [0.5, 0.6) is 5.75 Å². The van der Waals surface area contributed by atoms with E-state index in [1.807, 2.05) is 38.1 Å². The molecule has 0 saturated heterocycles. The Balaban J connectivity index is 2.88. The molecule has 0 aliphatic carbocycles. The fraction of sp³-hybridized carbons (Fsp3) is 0.273. The average molecular weight is 162 g/mol. The second-order valence-electron chi connectivity index (χ2n) is 2.74. The van der Waals surface area contributed by atoms with Gasteiger partial charge < -0.3 is 4.74 Å². The lowest BCUT2D eigenvalue weighted by Crippen LogP contribution is -1.91. The highest BCUT2D eigenvalue weighted by Gasteiger charge is 1.95. The number of hydrogen-bond acceptors (Lipinski definition) is 1. The van der Waals surface area contributed by atoms with Crippen molar-refractivity contribution in [2.75, 3.05) is 6.61 Å². The number of hydrogen-bond donors (Lipinski definition) is 0. The van der Waals surface area contributed by atoms with Gasteiger partial charge >= 0.3 is 0 Å². The summed E-state index contributed by atoms with van der Waals surface area (Å²) < 4.78 is 5.36. The Bertz CT molecular complexity index is 276. The van der Waals surface area contributed by atoms with Crippen molar-refractivity contribution < 1.29 is 4.74 Å². The van der Waals surface area contributed by atoms with Gasteiger partial charge in [0, 0.05) is 0 Å². The standard InChI is InChI=1S/C11H14O/c1-4-12-11-7-5-6-10(8-11)9(2)3/h5-8H,2,4H2,1,3H3. The van der Waals surface area contributed by atoms with Gasteiger partial charge in [0.2, 0.25) is 0 Å². The molecule has 0 aromatic heterocycles. The average Bonchev–Trinajstić information content (AvgIpc) is 2.05. The van der Waals surface area contributed by atoms with Crippen LogP contribution in [-0.4, -0.2) is 6.61 Å². The molecule has 1 nitrogen and oxygen atoms in total. The van der Waals surface area contributed by atoms with E-state index in [9.17, 15) is 0 Å². The molecule has 0 N–H and O–H groups in total. The van der Waals surface area contributed by atoms with E-state index >= 15 is 0 Å². The lowest BCUT2D eigenvalue weighted by Gasteiger charge is -2.04. The van der Waals surface area contributed by atoms with Crippen molar-refractivity contribution in [2.45, 2.75) is 13.8 Å². The van der Waals surface area contributed by atoms with E-state index in [1.54, 1.807) is 0 Å². The quantitative estimate of drug-likeness (QED) is 0.663. The summed E-state index contributed by atoms with van der Waals surface area (Å²) in [4.78, 5) is 0. The predicted molar refractivity (Wildman–Crippen MR) is 52.3 cm³/mol. The first-order chi connectivity index (χ1) is 5.74. The van der Waals surface area contributed by atoms with Gasteiger partial charge in [-0.25, -0.2) is 0 Å². The van der Waals surface area contributed by atoms with Gasteiger partial charge in [-0.1, -0.05) is 24.3 Å². The number of rotatable bonds is 3. The van der Waals surface area contributed by atoms with Crippen molar-refractivity contribution in [2.24, 2.45) is 0 Å². The van der Waals surface area contributed by atoms with Crippen LogP contribution >= 0.6 is 0 Å². The maximum Gasteiger partial charge on any atom is 0.119 e. The summed E-state index contributed by atoms with van der Waals surface area (Å²) in [6, 6.07) is 7.97. The highest BCUT2D eigenvalue weighted by atomic mass is 16.5. The first-order valence-corrected chi connectivity index (χ1v) is 4.12. The molecule has 1 aromatic carbocycles. The Kier molecular flexibility index (Phi) is 2.92. The third-order valence-electron chi connectivity index (χ3n) is 1.64. The Morgan fingerprint density at radius 2 is 2.25 bits per heavy atom. The van der Waals surface area contributed by atoms with Crippen molar-refractivity contribution in [3.63, 3.8) is 0 Å². The van der Waals surface area contributed by atoms with Crippen molar-refractivity contribution >= 4 is 5.57 Å². The Morgan fingerprint density at radius 3 is 2.83 bits per heavy atom. The first kappa shape index (κ1) is 8.85. The molecule has 64 valence electrons. The number of ether oxygens (including phenoxy) is 1. The zero-order chi connectivity index (χ0) is 8.97. The minimum absolute atomic E-state index is 0.708. The van der Waals surface area contributed by atoms with E-state index in [1.165, 1.54) is 0 Å². The smallest absolute Gasteiger partial charge is 0.119 e. The molecule has 0 saturated carbocycles. The molecule has 1 rings (SSSR count). The zero-order valence-electron chi connectivity index (χ0n) is 7.63. The lowest BCUT2D eigenvalue weighted by atomic mass is 10.1. The van der Waals surface area contributed by atoms with E-state index in [0.717, 1.165) is 16.9 Å². The number of benzene rings is 1. The van der Waals surface area contributed by atoms with E-state index in [2.05, 4.69) is 6.58 Å². The molecule has 0 amide bonds. The fourth-order valence-electron chi connectivity index (χ4n) is 1.02. The van der Waals surface area contributed by atoms with Crippen molar-refractivity contribution in [3.8, 4) is 5.75 Å². The second kappa shape index (κ2) is 3.96. The molecular weight excluding hydrogens is 148 g/mol. The molecule has 0 heterocycles. The highest BCUT2D eigenvalue weighted by molar-refractivity contribution is 5.62. The lowest BCUT2D eigenvalue weighted by molar-refractivity contribution is 0.340. The summed E-state index contributed by atoms with van der Waals surface area (Å²) in [5.74, 6) is 0.915. The van der Waals surface area contributed by atoms with Crippen LogP contribution in [0, 0.1) is 0 Å². The van der Waals surface area contributed by atoms with E-state index in [4.69, 9.17) is 4.74 Å². The van der Waals surface area contributed by atoms with E-state index < -0.39 is 0 Å². The van der Waals surface area contributed by atoms with Crippen LogP contribution in [-0.2, 0) is 0 Å². The summed E-state index contributed by atoms with van der Waals surface area (Å²) in [6.07, 6.45) is 0. The van der Waals surface area contributed by atoms with Gasteiger partial charge in [-0.15, -0.1) is 0 Å². The van der Waals surface area contributed by atoms with Gasteiger partial charge in [0.15, 0.2) is 0 Å². The monoisotopic (exact) mass is 162 g/mol. The molecule has 0 spiro atoms. The van der Waals surface area contributed by atoms with Gasteiger partial charge in [0.05, 0.1) is 6.61 Å². The van der Waals surface area contributed by atoms with Crippen LogP contribution in [0.3, 0.4) is 0 Å². The molecule has 0 fully saturated rings. The van der Waals surface area contributed by atoms with E-state index in [0.29, 0.717) is 6.61 Å². The molecule has 1 heteroatoms. The fourth-order valence-corrected chi connectivity index (χ4v) is 1.02. The summed E-state index contributed by atoms with van der Waals surface area (Å²) in [5.41, 5.74) is 2.21. The van der Waals surface area contributed by atoms with Gasteiger partial charge in [0.25, 0.3) is 0 Å². The zero-order valence-corrected chi connectivity index (χ0v) is 7.63. The van der Waals surface area contributed by atoms with Crippen LogP contribution in [0.4, 0.5) is 0 Å². The van der Waals surface area contributed by atoms with Crippen molar-refractivity contribution in [1.82, 2.24) is 0 Å². The molecule has 0 atom stereocenters. The summed E-state index contributed by atoms with van der Waals surface area (Å²) in [7, 11) is 0. The molecule has 0 bridgehead atoms. The predicted octanol–water partition coefficient (Wildman–Crippen LogP) is 3.12. The molecule has 0 unspecified atom stereocenters. The molecule has 0 aliphatic rings. The van der Waals surface area contributed by atoms with Crippen molar-refractivity contribution in [3.05, 3.63) is 36.4 Å². The van der Waals surface area contributed by atoms with Gasteiger partial charge in [0.1, 0.15) is 5.75 Å². The van der Waals surface area contributed by atoms with Crippen LogP contribution < -0.4 is 4.74 Å². The molecule has 12 heavy (non-hydrogen) atoms. The van der Waals surface area contributed by atoms with E-state index in [-0.39, 0.29) is 0 Å². The van der Waals surface area contributed by atoms with Gasteiger partial charge in [-0.3, -0.25) is 0 Å². The minimum atomic E-state index is 0.708. The Hall–Kier alpha value is -1.24. The summed E-state index contributed by atoms with van der Waals surface area (Å²) >= 11 is 0. The SMILES string of the molecule is C=C(C)c1cccc(OCC)c1. The maximum absolute atomic E-state index is 5.36. The van der Waals surface area contributed by atoms with Crippen LogP contribution in [0.15, 0.2) is 30.8 Å².